The van der Waals surface area contributed by atoms with Crippen molar-refractivity contribution in [2.45, 2.75) is 0 Å². The van der Waals surface area contributed by atoms with E-state index in [0.717, 1.165) is 10.9 Å². The first-order valence-electron chi connectivity index (χ1n) is 7.37. The number of fused-ring (bicyclic) bond motifs is 2. The van der Waals surface area contributed by atoms with Crippen molar-refractivity contribution in [3.05, 3.63) is 68.9 Å². The normalized spacial score (nSPS) is 10.7. The zero-order valence-electron chi connectivity index (χ0n) is 13.4. The first-order valence-corrected chi connectivity index (χ1v) is 8.96. The van der Waals surface area contributed by atoms with Crippen LogP contribution in [0.1, 0.15) is 10.4 Å². The summed E-state index contributed by atoms with van der Waals surface area (Å²) in [5.74, 6) is -1.12. The quantitative estimate of drug-likeness (QED) is 0.328. The van der Waals surface area contributed by atoms with E-state index in [4.69, 9.17) is 0 Å². The number of nitrogens with one attached hydrogen (secondary N) is 2. The average molecular weight is 486 g/mol. The van der Waals surface area contributed by atoms with E-state index in [1.54, 1.807) is 18.3 Å². The lowest BCUT2D eigenvalue weighted by Crippen LogP contribution is -1.99. The maximum absolute atomic E-state index is 13.3. The van der Waals surface area contributed by atoms with Crippen LogP contribution < -0.4 is 0 Å². The van der Waals surface area contributed by atoms with Crippen molar-refractivity contribution in [3.63, 3.8) is 0 Å². The van der Waals surface area contributed by atoms with Gasteiger partial charge in [0.25, 0.3) is 0 Å². The van der Waals surface area contributed by atoms with Crippen LogP contribution in [0.2, 0.25) is 0 Å². The summed E-state index contributed by atoms with van der Waals surface area (Å²) in [7, 11) is 1.29. The number of methoxy groups -OCH3 is 1. The SMILES string of the molecule is COC(=O)c1c[nH]c2cc(Br)c(F)cc12.Fc1cc2cc[nH]c2cc1Br. The Labute approximate surface area is 163 Å². The van der Waals surface area contributed by atoms with Crippen LogP contribution in [0.25, 0.3) is 21.8 Å². The van der Waals surface area contributed by atoms with Gasteiger partial charge in [-0.05, 0) is 62.2 Å². The van der Waals surface area contributed by atoms with E-state index in [0.29, 0.717) is 25.4 Å². The van der Waals surface area contributed by atoms with E-state index in [9.17, 15) is 13.6 Å². The largest absolute Gasteiger partial charge is 0.465 e. The van der Waals surface area contributed by atoms with Crippen LogP contribution in [0.15, 0.2) is 51.7 Å². The molecular weight excluding hydrogens is 474 g/mol. The van der Waals surface area contributed by atoms with E-state index >= 15 is 0 Å². The van der Waals surface area contributed by atoms with Gasteiger partial charge in [-0.2, -0.15) is 0 Å². The molecule has 134 valence electrons. The summed E-state index contributed by atoms with van der Waals surface area (Å²) < 4.78 is 31.6. The summed E-state index contributed by atoms with van der Waals surface area (Å²) in [6.45, 7) is 0. The number of rotatable bonds is 1. The molecule has 2 aromatic carbocycles. The number of hydrogen-bond acceptors (Lipinski definition) is 2. The van der Waals surface area contributed by atoms with Gasteiger partial charge < -0.3 is 14.7 Å². The number of aromatic nitrogens is 2. The molecule has 0 unspecified atom stereocenters. The molecule has 0 aliphatic carbocycles. The number of benzene rings is 2. The molecule has 0 amide bonds. The monoisotopic (exact) mass is 484 g/mol. The summed E-state index contributed by atoms with van der Waals surface area (Å²) in [6, 6.07) is 7.94. The fraction of sp³-hybridized carbons (Fsp3) is 0.0556. The van der Waals surface area contributed by atoms with Gasteiger partial charge in [-0.15, -0.1) is 0 Å². The van der Waals surface area contributed by atoms with Crippen molar-refractivity contribution >= 4 is 59.6 Å². The molecule has 0 saturated carbocycles. The summed E-state index contributed by atoms with van der Waals surface area (Å²) in [5.41, 5.74) is 1.96. The van der Waals surface area contributed by atoms with Crippen molar-refractivity contribution in [3.8, 4) is 0 Å². The predicted octanol–water partition coefficient (Wildman–Crippen LogP) is 5.93. The molecule has 0 aliphatic rings. The van der Waals surface area contributed by atoms with Gasteiger partial charge in [0.1, 0.15) is 11.6 Å². The van der Waals surface area contributed by atoms with Crippen molar-refractivity contribution in [1.82, 2.24) is 9.97 Å². The molecule has 2 N–H and O–H groups in total. The van der Waals surface area contributed by atoms with Crippen molar-refractivity contribution in [2.75, 3.05) is 7.11 Å². The fourth-order valence-electron chi connectivity index (χ4n) is 2.44. The van der Waals surface area contributed by atoms with Crippen molar-refractivity contribution < 1.29 is 18.3 Å². The zero-order valence-corrected chi connectivity index (χ0v) is 16.5. The molecule has 0 fully saturated rings. The number of aromatic amines is 2. The van der Waals surface area contributed by atoms with Crippen LogP contribution in [0.4, 0.5) is 8.78 Å². The van der Waals surface area contributed by atoms with Gasteiger partial charge in [0.15, 0.2) is 0 Å². The van der Waals surface area contributed by atoms with E-state index in [-0.39, 0.29) is 5.82 Å². The number of esters is 1. The third kappa shape index (κ3) is 3.66. The minimum absolute atomic E-state index is 0.225. The fourth-order valence-corrected chi connectivity index (χ4v) is 3.13. The minimum atomic E-state index is -0.483. The number of hydrogen-bond donors (Lipinski definition) is 2. The van der Waals surface area contributed by atoms with Crippen LogP contribution in [0, 0.1) is 11.6 Å². The summed E-state index contributed by atoms with van der Waals surface area (Å²) in [5, 5.41) is 1.41. The van der Waals surface area contributed by atoms with Gasteiger partial charge in [0, 0.05) is 34.2 Å². The number of H-pyrrole nitrogens is 2. The second-order valence-corrected chi connectivity index (χ2v) is 7.05. The van der Waals surface area contributed by atoms with Crippen molar-refractivity contribution in [2.24, 2.45) is 0 Å². The predicted molar refractivity (Wildman–Crippen MR) is 103 cm³/mol. The topological polar surface area (TPSA) is 57.9 Å². The van der Waals surface area contributed by atoms with Gasteiger partial charge in [-0.1, -0.05) is 0 Å². The molecule has 0 aliphatic heterocycles. The molecule has 26 heavy (non-hydrogen) atoms. The van der Waals surface area contributed by atoms with Crippen LogP contribution >= 0.6 is 31.9 Å². The van der Waals surface area contributed by atoms with Crippen molar-refractivity contribution in [1.29, 1.82) is 0 Å². The second-order valence-electron chi connectivity index (χ2n) is 5.34. The highest BCUT2D eigenvalue weighted by Gasteiger charge is 2.14. The second kappa shape index (κ2) is 7.59. The summed E-state index contributed by atoms with van der Waals surface area (Å²) in [4.78, 5) is 17.2. The first kappa shape index (κ1) is 18.6. The van der Waals surface area contributed by atoms with Crippen LogP contribution in [-0.4, -0.2) is 23.0 Å². The minimum Gasteiger partial charge on any atom is -0.465 e. The highest BCUT2D eigenvalue weighted by molar-refractivity contribution is 9.10. The Morgan fingerprint density at radius 2 is 1.65 bits per heavy atom. The zero-order chi connectivity index (χ0) is 18.8. The number of halogens is 4. The molecular formula is C18H12Br2F2N2O2. The Kier molecular flexibility index (Phi) is 5.43. The lowest BCUT2D eigenvalue weighted by atomic mass is 10.2. The molecule has 4 aromatic rings. The number of carbonyl (C=O) groups excluding carboxylic acids is 1. The lowest BCUT2D eigenvalue weighted by molar-refractivity contribution is 0.0603. The average Bonchev–Trinajstić information content (AvgIpc) is 3.22. The van der Waals surface area contributed by atoms with E-state index in [1.807, 2.05) is 6.07 Å². The van der Waals surface area contributed by atoms with Gasteiger partial charge in [0.05, 0.1) is 21.6 Å². The smallest absolute Gasteiger partial charge is 0.340 e. The molecule has 0 saturated heterocycles. The first-order chi connectivity index (χ1) is 12.4. The van der Waals surface area contributed by atoms with Crippen LogP contribution in [-0.2, 0) is 4.74 Å². The number of carbonyl (C=O) groups is 1. The van der Waals surface area contributed by atoms with E-state index < -0.39 is 11.8 Å². The Balaban J connectivity index is 0.000000158. The van der Waals surface area contributed by atoms with Crippen LogP contribution in [0.5, 0.6) is 0 Å². The van der Waals surface area contributed by atoms with Gasteiger partial charge >= 0.3 is 5.97 Å². The summed E-state index contributed by atoms with van der Waals surface area (Å²) >= 11 is 6.17. The lowest BCUT2D eigenvalue weighted by Gasteiger charge is -1.98. The molecule has 4 rings (SSSR count). The molecule has 0 bridgehead atoms. The Morgan fingerprint density at radius 1 is 1.00 bits per heavy atom. The maximum atomic E-state index is 13.3. The van der Waals surface area contributed by atoms with Gasteiger partial charge in [0.2, 0.25) is 0 Å². The number of ether oxygens (including phenoxy) is 1. The Morgan fingerprint density at radius 3 is 2.35 bits per heavy atom. The molecule has 4 nitrogen and oxygen atoms in total. The molecule has 8 heteroatoms. The molecule has 2 aromatic heterocycles. The van der Waals surface area contributed by atoms with Gasteiger partial charge in [-0.25, -0.2) is 13.6 Å². The standard InChI is InChI=1S/C10H7BrFNO2.C8H5BrFN/c1-15-10(14)6-4-13-9-3-7(11)8(12)2-5(6)9;9-6-4-8-5(1-2-11-8)3-7(6)10/h2-4,13H,1H3;1-4,11H. The van der Waals surface area contributed by atoms with Gasteiger partial charge in [-0.3, -0.25) is 0 Å². The highest BCUT2D eigenvalue weighted by atomic mass is 79.9. The Hall–Kier alpha value is -2.19. The highest BCUT2D eigenvalue weighted by Crippen LogP contribution is 2.25. The molecule has 0 spiro atoms. The maximum Gasteiger partial charge on any atom is 0.340 e. The third-order valence-electron chi connectivity index (χ3n) is 3.72. The third-order valence-corrected chi connectivity index (χ3v) is 4.94. The van der Waals surface area contributed by atoms with Crippen LogP contribution in [0.3, 0.4) is 0 Å². The molecule has 2 heterocycles. The molecule has 0 atom stereocenters. The Bertz CT molecular complexity index is 1070. The molecule has 0 radical (unpaired) electrons. The summed E-state index contributed by atoms with van der Waals surface area (Å²) in [6.07, 6.45) is 3.29. The van der Waals surface area contributed by atoms with E-state index in [1.165, 1.54) is 25.4 Å². The van der Waals surface area contributed by atoms with E-state index in [2.05, 4.69) is 46.6 Å².